The van der Waals surface area contributed by atoms with Crippen molar-refractivity contribution in [1.82, 2.24) is 5.32 Å². The molecule has 8 heteroatoms. The van der Waals surface area contributed by atoms with Gasteiger partial charge in [-0.25, -0.2) is 13.6 Å². The summed E-state index contributed by atoms with van der Waals surface area (Å²) >= 11 is 5.89. The number of nitrogens with one attached hydrogen (secondary N) is 1. The van der Waals surface area contributed by atoms with Crippen LogP contribution in [0.2, 0.25) is 5.02 Å². The second-order valence-electron chi connectivity index (χ2n) is 3.44. The second kappa shape index (κ2) is 6.03. The molecule has 1 rings (SSSR count). The van der Waals surface area contributed by atoms with Gasteiger partial charge in [-0.05, 0) is 12.1 Å². The Hall–Kier alpha value is -1.31. The fraction of sp³-hybridized carbons (Fsp3) is 0.300. The maximum Gasteiger partial charge on any atom is 0.256 e. The Labute approximate surface area is 110 Å². The minimum Gasteiger partial charge on any atom is -0.496 e. The summed E-state index contributed by atoms with van der Waals surface area (Å²) in [6, 6.07) is 4.77. The van der Waals surface area contributed by atoms with Crippen molar-refractivity contribution >= 4 is 27.5 Å². The zero-order valence-electron chi connectivity index (χ0n) is 9.64. The Morgan fingerprint density at radius 1 is 1.50 bits per heavy atom. The first-order valence-corrected chi connectivity index (χ1v) is 7.05. The topological polar surface area (TPSA) is 98.5 Å². The third kappa shape index (κ3) is 4.17. The molecular formula is C10H13ClN2O4S. The molecule has 1 aromatic rings. The van der Waals surface area contributed by atoms with Crippen LogP contribution in [0.3, 0.4) is 0 Å². The number of methoxy groups -OCH3 is 1. The molecular weight excluding hydrogens is 280 g/mol. The first-order valence-electron chi connectivity index (χ1n) is 4.96. The average Bonchev–Trinajstić information content (AvgIpc) is 2.26. The monoisotopic (exact) mass is 292 g/mol. The largest absolute Gasteiger partial charge is 0.496 e. The quantitative estimate of drug-likeness (QED) is 0.819. The van der Waals surface area contributed by atoms with E-state index in [4.69, 9.17) is 21.5 Å². The van der Waals surface area contributed by atoms with Gasteiger partial charge in [-0.1, -0.05) is 17.7 Å². The summed E-state index contributed by atoms with van der Waals surface area (Å²) in [5, 5.41) is 7.45. The SMILES string of the molecule is COc1cccc(Cl)c1C(=O)NCCS(N)(=O)=O. The highest BCUT2D eigenvalue weighted by Crippen LogP contribution is 2.25. The van der Waals surface area contributed by atoms with Crippen LogP contribution in [-0.2, 0) is 10.0 Å². The van der Waals surface area contributed by atoms with E-state index in [9.17, 15) is 13.2 Å². The first-order chi connectivity index (χ1) is 8.35. The predicted octanol–water partition coefficient (Wildman–Crippen LogP) is 0.367. The fourth-order valence-corrected chi connectivity index (χ4v) is 1.93. The lowest BCUT2D eigenvalue weighted by atomic mass is 10.2. The van der Waals surface area contributed by atoms with Gasteiger partial charge in [0, 0.05) is 6.54 Å². The molecule has 0 aromatic heterocycles. The highest BCUT2D eigenvalue weighted by Gasteiger charge is 2.16. The molecule has 0 heterocycles. The van der Waals surface area contributed by atoms with Gasteiger partial charge in [-0.2, -0.15) is 0 Å². The van der Waals surface area contributed by atoms with E-state index in [-0.39, 0.29) is 22.9 Å². The number of nitrogens with two attached hydrogens (primary N) is 1. The maximum atomic E-state index is 11.8. The zero-order chi connectivity index (χ0) is 13.8. The number of halogens is 1. The van der Waals surface area contributed by atoms with E-state index in [0.29, 0.717) is 5.75 Å². The van der Waals surface area contributed by atoms with E-state index in [1.807, 2.05) is 0 Å². The number of hydrogen-bond donors (Lipinski definition) is 2. The highest BCUT2D eigenvalue weighted by molar-refractivity contribution is 7.89. The summed E-state index contributed by atoms with van der Waals surface area (Å²) < 4.78 is 26.4. The van der Waals surface area contributed by atoms with Crippen molar-refractivity contribution in [3.05, 3.63) is 28.8 Å². The molecule has 0 bridgehead atoms. The molecule has 0 spiro atoms. The van der Waals surface area contributed by atoms with Gasteiger partial charge in [-0.3, -0.25) is 4.79 Å². The Kier molecular flexibility index (Phi) is 4.94. The van der Waals surface area contributed by atoms with Crippen LogP contribution in [0.5, 0.6) is 5.75 Å². The number of primary sulfonamides is 1. The first kappa shape index (κ1) is 14.7. The van der Waals surface area contributed by atoms with E-state index in [0.717, 1.165) is 0 Å². The molecule has 0 saturated heterocycles. The smallest absolute Gasteiger partial charge is 0.256 e. The fourth-order valence-electron chi connectivity index (χ4n) is 1.29. The van der Waals surface area contributed by atoms with E-state index >= 15 is 0 Å². The van der Waals surface area contributed by atoms with Gasteiger partial charge < -0.3 is 10.1 Å². The zero-order valence-corrected chi connectivity index (χ0v) is 11.2. The van der Waals surface area contributed by atoms with Crippen LogP contribution in [-0.4, -0.2) is 33.7 Å². The van der Waals surface area contributed by atoms with Gasteiger partial charge in [0.05, 0.1) is 23.4 Å². The van der Waals surface area contributed by atoms with Crippen molar-refractivity contribution in [1.29, 1.82) is 0 Å². The van der Waals surface area contributed by atoms with Crippen LogP contribution in [0.4, 0.5) is 0 Å². The van der Waals surface area contributed by atoms with Gasteiger partial charge in [0.1, 0.15) is 5.75 Å². The molecule has 0 unspecified atom stereocenters. The van der Waals surface area contributed by atoms with Crippen molar-refractivity contribution in [3.63, 3.8) is 0 Å². The van der Waals surface area contributed by atoms with Crippen LogP contribution in [0.15, 0.2) is 18.2 Å². The Morgan fingerprint density at radius 2 is 2.17 bits per heavy atom. The number of hydrogen-bond acceptors (Lipinski definition) is 4. The number of carbonyl (C=O) groups excluding carboxylic acids is 1. The van der Waals surface area contributed by atoms with E-state index in [2.05, 4.69) is 5.32 Å². The molecule has 0 saturated carbocycles. The third-order valence-electron chi connectivity index (χ3n) is 2.09. The predicted molar refractivity (Wildman–Crippen MR) is 68.3 cm³/mol. The van der Waals surface area contributed by atoms with Crippen molar-refractivity contribution in [2.75, 3.05) is 19.4 Å². The minimum atomic E-state index is -3.61. The molecule has 0 aliphatic heterocycles. The second-order valence-corrected chi connectivity index (χ2v) is 5.58. The number of amides is 1. The summed E-state index contributed by atoms with van der Waals surface area (Å²) in [4.78, 5) is 11.8. The normalized spacial score (nSPS) is 11.1. The van der Waals surface area contributed by atoms with Gasteiger partial charge in [0.15, 0.2) is 0 Å². The molecule has 0 aliphatic rings. The molecule has 100 valence electrons. The van der Waals surface area contributed by atoms with Crippen LogP contribution >= 0.6 is 11.6 Å². The number of sulfonamides is 1. The Bertz CT molecular complexity index is 545. The summed E-state index contributed by atoms with van der Waals surface area (Å²) in [5.41, 5.74) is 0.163. The third-order valence-corrected chi connectivity index (χ3v) is 3.18. The number of benzene rings is 1. The number of carbonyl (C=O) groups is 1. The molecule has 0 aliphatic carbocycles. The molecule has 0 radical (unpaired) electrons. The van der Waals surface area contributed by atoms with Crippen molar-refractivity contribution in [3.8, 4) is 5.75 Å². The molecule has 1 aromatic carbocycles. The molecule has 18 heavy (non-hydrogen) atoms. The molecule has 1 amide bonds. The lowest BCUT2D eigenvalue weighted by Gasteiger charge is -2.10. The highest BCUT2D eigenvalue weighted by atomic mass is 35.5. The van der Waals surface area contributed by atoms with Crippen molar-refractivity contribution in [2.45, 2.75) is 0 Å². The lowest BCUT2D eigenvalue weighted by Crippen LogP contribution is -2.31. The Balaban J connectivity index is 2.79. The molecule has 0 fully saturated rings. The van der Waals surface area contributed by atoms with Crippen LogP contribution in [0.25, 0.3) is 0 Å². The van der Waals surface area contributed by atoms with E-state index in [1.165, 1.54) is 7.11 Å². The van der Waals surface area contributed by atoms with Gasteiger partial charge in [0.25, 0.3) is 5.91 Å². The standard InChI is InChI=1S/C10H13ClN2O4S/c1-17-8-4-2-3-7(11)9(8)10(14)13-5-6-18(12,15)16/h2-4H,5-6H2,1H3,(H,13,14)(H2,12,15,16). The molecule has 3 N–H and O–H groups in total. The summed E-state index contributed by atoms with van der Waals surface area (Å²) in [6.45, 7) is -0.0912. The summed E-state index contributed by atoms with van der Waals surface area (Å²) in [6.07, 6.45) is 0. The van der Waals surface area contributed by atoms with Gasteiger partial charge >= 0.3 is 0 Å². The molecule has 6 nitrogen and oxygen atoms in total. The van der Waals surface area contributed by atoms with Gasteiger partial charge in [-0.15, -0.1) is 0 Å². The minimum absolute atomic E-state index is 0.0912. The molecule has 0 atom stereocenters. The summed E-state index contributed by atoms with van der Waals surface area (Å²) in [5.74, 6) is -0.539. The van der Waals surface area contributed by atoms with Crippen LogP contribution in [0.1, 0.15) is 10.4 Å². The van der Waals surface area contributed by atoms with E-state index in [1.54, 1.807) is 18.2 Å². The van der Waals surface area contributed by atoms with Crippen LogP contribution < -0.4 is 15.2 Å². The van der Waals surface area contributed by atoms with Crippen molar-refractivity contribution in [2.24, 2.45) is 5.14 Å². The number of rotatable bonds is 5. The average molecular weight is 293 g/mol. The van der Waals surface area contributed by atoms with E-state index < -0.39 is 15.9 Å². The summed E-state index contributed by atoms with van der Waals surface area (Å²) in [7, 11) is -2.20. The lowest BCUT2D eigenvalue weighted by molar-refractivity contribution is 0.0953. The Morgan fingerprint density at radius 3 is 2.72 bits per heavy atom. The number of ether oxygens (including phenoxy) is 1. The van der Waals surface area contributed by atoms with Crippen molar-refractivity contribution < 1.29 is 17.9 Å². The van der Waals surface area contributed by atoms with Crippen LogP contribution in [0, 0.1) is 0 Å². The van der Waals surface area contributed by atoms with Gasteiger partial charge in [0.2, 0.25) is 10.0 Å². The maximum absolute atomic E-state index is 11.8.